The Morgan fingerprint density at radius 2 is 1.94 bits per heavy atom. The van der Waals surface area contributed by atoms with Crippen LogP contribution in [0.25, 0.3) is 0 Å². The van der Waals surface area contributed by atoms with E-state index in [-0.39, 0.29) is 0 Å². The van der Waals surface area contributed by atoms with Crippen LogP contribution in [0.1, 0.15) is 11.1 Å². The molecule has 4 nitrogen and oxygen atoms in total. The number of nitrogens with zero attached hydrogens (tertiary/aromatic N) is 2. The zero-order valence-electron chi connectivity index (χ0n) is 10.5. The van der Waals surface area contributed by atoms with Gasteiger partial charge >= 0.3 is 0 Å². The second-order valence-corrected chi connectivity index (χ2v) is 4.26. The van der Waals surface area contributed by atoms with Crippen LogP contribution in [0.4, 0.5) is 11.5 Å². The number of nitrogen functional groups attached to an aromatic ring is 1. The Morgan fingerprint density at radius 3 is 2.61 bits per heavy atom. The van der Waals surface area contributed by atoms with Gasteiger partial charge in [-0.3, -0.25) is 5.41 Å². The molecule has 0 fully saturated rings. The van der Waals surface area contributed by atoms with Crippen molar-refractivity contribution in [1.82, 2.24) is 4.98 Å². The molecule has 0 saturated heterocycles. The summed E-state index contributed by atoms with van der Waals surface area (Å²) in [6, 6.07) is 11.1. The third-order valence-electron chi connectivity index (χ3n) is 2.72. The van der Waals surface area contributed by atoms with Gasteiger partial charge in [-0.1, -0.05) is 18.2 Å². The van der Waals surface area contributed by atoms with Crippen molar-refractivity contribution in [1.29, 1.82) is 5.41 Å². The Kier molecular flexibility index (Phi) is 3.28. The number of nitrogens with two attached hydrogens (primary N) is 1. The van der Waals surface area contributed by atoms with Gasteiger partial charge in [-0.05, 0) is 18.2 Å². The fraction of sp³-hybridized carbons (Fsp3) is 0.143. The number of para-hydroxylation sites is 1. The first kappa shape index (κ1) is 12.1. The van der Waals surface area contributed by atoms with Crippen molar-refractivity contribution in [2.45, 2.75) is 0 Å². The highest BCUT2D eigenvalue weighted by molar-refractivity contribution is 6.14. The first-order chi connectivity index (χ1) is 8.59. The Morgan fingerprint density at radius 1 is 1.22 bits per heavy atom. The van der Waals surface area contributed by atoms with Gasteiger partial charge in [0.25, 0.3) is 0 Å². The smallest absolute Gasteiger partial charge is 0.128 e. The predicted molar refractivity (Wildman–Crippen MR) is 75.3 cm³/mol. The van der Waals surface area contributed by atoms with Gasteiger partial charge in [-0.2, -0.15) is 0 Å². The van der Waals surface area contributed by atoms with Crippen LogP contribution in [0.2, 0.25) is 0 Å². The van der Waals surface area contributed by atoms with Gasteiger partial charge in [0.1, 0.15) is 5.82 Å². The molecule has 0 atom stereocenters. The largest absolute Gasteiger partial charge is 0.398 e. The summed E-state index contributed by atoms with van der Waals surface area (Å²) in [5.41, 5.74) is 8.48. The summed E-state index contributed by atoms with van der Waals surface area (Å²) in [6.45, 7) is 0. The third kappa shape index (κ3) is 2.32. The first-order valence-electron chi connectivity index (χ1n) is 5.67. The molecule has 0 unspecified atom stereocenters. The topological polar surface area (TPSA) is 66.0 Å². The van der Waals surface area contributed by atoms with Gasteiger partial charge in [-0.15, -0.1) is 0 Å². The van der Waals surface area contributed by atoms with E-state index < -0.39 is 0 Å². The number of nitrogens with one attached hydrogen (secondary N) is 1. The highest BCUT2D eigenvalue weighted by atomic mass is 15.1. The lowest BCUT2D eigenvalue weighted by Gasteiger charge is -2.13. The predicted octanol–water partition coefficient (Wildman–Crippen LogP) is 2.15. The van der Waals surface area contributed by atoms with Crippen molar-refractivity contribution in [2.75, 3.05) is 24.7 Å². The SMILES string of the molecule is CN(C)c1cc(C(=N)c2ccccc2N)ccn1. The van der Waals surface area contributed by atoms with Gasteiger partial charge in [0.2, 0.25) is 0 Å². The highest BCUT2D eigenvalue weighted by Gasteiger charge is 2.09. The maximum Gasteiger partial charge on any atom is 0.128 e. The quantitative estimate of drug-likeness (QED) is 0.638. The molecule has 0 bridgehead atoms. The van der Waals surface area contributed by atoms with E-state index in [4.69, 9.17) is 11.1 Å². The summed E-state index contributed by atoms with van der Waals surface area (Å²) in [5, 5.41) is 8.22. The molecule has 0 aliphatic heterocycles. The fourth-order valence-electron chi connectivity index (χ4n) is 1.70. The molecule has 18 heavy (non-hydrogen) atoms. The molecule has 0 aliphatic carbocycles. The van der Waals surface area contributed by atoms with Gasteiger partial charge in [0.15, 0.2) is 0 Å². The number of benzene rings is 1. The van der Waals surface area contributed by atoms with Crippen molar-refractivity contribution in [3.05, 3.63) is 53.7 Å². The van der Waals surface area contributed by atoms with Crippen molar-refractivity contribution in [3.8, 4) is 0 Å². The average molecular weight is 240 g/mol. The summed E-state index contributed by atoms with van der Waals surface area (Å²) in [6.07, 6.45) is 1.71. The van der Waals surface area contributed by atoms with E-state index in [1.807, 2.05) is 49.3 Å². The minimum atomic E-state index is 0.415. The zero-order valence-corrected chi connectivity index (χ0v) is 10.5. The Balaban J connectivity index is 2.41. The fourth-order valence-corrected chi connectivity index (χ4v) is 1.70. The van der Waals surface area contributed by atoms with E-state index in [9.17, 15) is 0 Å². The van der Waals surface area contributed by atoms with Crippen molar-refractivity contribution in [2.24, 2.45) is 0 Å². The number of rotatable bonds is 3. The number of hydrogen-bond acceptors (Lipinski definition) is 4. The lowest BCUT2D eigenvalue weighted by Crippen LogP contribution is -2.12. The number of aromatic nitrogens is 1. The maximum absolute atomic E-state index is 8.22. The molecule has 2 aromatic rings. The molecule has 0 amide bonds. The highest BCUT2D eigenvalue weighted by Crippen LogP contribution is 2.18. The summed E-state index contributed by atoms with van der Waals surface area (Å²) in [4.78, 5) is 6.14. The molecule has 92 valence electrons. The van der Waals surface area contributed by atoms with Gasteiger partial charge < -0.3 is 10.6 Å². The second-order valence-electron chi connectivity index (χ2n) is 4.26. The van der Waals surface area contributed by atoms with Crippen LogP contribution in [-0.4, -0.2) is 24.8 Å². The van der Waals surface area contributed by atoms with Crippen LogP contribution in [0, 0.1) is 5.41 Å². The molecular formula is C14H16N4. The second kappa shape index (κ2) is 4.87. The average Bonchev–Trinajstić information content (AvgIpc) is 2.38. The van der Waals surface area contributed by atoms with Crippen LogP contribution in [0.5, 0.6) is 0 Å². The summed E-state index contributed by atoms with van der Waals surface area (Å²) >= 11 is 0. The molecule has 0 spiro atoms. The van der Waals surface area contributed by atoms with Crippen LogP contribution < -0.4 is 10.6 Å². The van der Waals surface area contributed by atoms with E-state index in [2.05, 4.69) is 4.98 Å². The van der Waals surface area contributed by atoms with Crippen LogP contribution in [-0.2, 0) is 0 Å². The Hall–Kier alpha value is -2.36. The number of hydrogen-bond donors (Lipinski definition) is 2. The zero-order chi connectivity index (χ0) is 13.1. The van der Waals surface area contributed by atoms with Crippen LogP contribution in [0.15, 0.2) is 42.6 Å². The molecule has 1 aromatic heterocycles. The van der Waals surface area contributed by atoms with Gasteiger partial charge in [0.05, 0.1) is 5.71 Å². The molecule has 3 N–H and O–H groups in total. The molecular weight excluding hydrogens is 224 g/mol. The van der Waals surface area contributed by atoms with E-state index in [0.29, 0.717) is 11.4 Å². The first-order valence-corrected chi connectivity index (χ1v) is 5.67. The molecule has 4 heteroatoms. The van der Waals surface area contributed by atoms with Gasteiger partial charge in [-0.25, -0.2) is 4.98 Å². The van der Waals surface area contributed by atoms with E-state index in [1.165, 1.54) is 0 Å². The Labute approximate surface area is 107 Å². The molecule has 1 heterocycles. The Bertz CT molecular complexity index is 576. The van der Waals surface area contributed by atoms with E-state index in [0.717, 1.165) is 16.9 Å². The molecule has 0 radical (unpaired) electrons. The standard InChI is InChI=1S/C14H16N4/c1-18(2)13-9-10(7-8-17-13)14(16)11-5-3-4-6-12(11)15/h3-9,16H,15H2,1-2H3. The van der Waals surface area contributed by atoms with Crippen LogP contribution >= 0.6 is 0 Å². The maximum atomic E-state index is 8.22. The summed E-state index contributed by atoms with van der Waals surface area (Å²) in [7, 11) is 3.85. The lowest BCUT2D eigenvalue weighted by molar-refractivity contribution is 1.07. The van der Waals surface area contributed by atoms with Crippen LogP contribution in [0.3, 0.4) is 0 Å². The number of anilines is 2. The minimum Gasteiger partial charge on any atom is -0.398 e. The molecule has 0 aliphatic rings. The minimum absolute atomic E-state index is 0.415. The summed E-state index contributed by atoms with van der Waals surface area (Å²) < 4.78 is 0. The normalized spacial score (nSPS) is 10.1. The molecule has 2 rings (SSSR count). The van der Waals surface area contributed by atoms with E-state index in [1.54, 1.807) is 12.3 Å². The lowest BCUT2D eigenvalue weighted by atomic mass is 10.0. The van der Waals surface area contributed by atoms with Crippen molar-refractivity contribution >= 4 is 17.2 Å². The van der Waals surface area contributed by atoms with E-state index >= 15 is 0 Å². The van der Waals surface area contributed by atoms with Crippen molar-refractivity contribution in [3.63, 3.8) is 0 Å². The summed E-state index contributed by atoms with van der Waals surface area (Å²) in [5.74, 6) is 0.826. The molecule has 0 saturated carbocycles. The monoisotopic (exact) mass is 240 g/mol. The number of pyridine rings is 1. The van der Waals surface area contributed by atoms with Crippen molar-refractivity contribution < 1.29 is 0 Å². The van der Waals surface area contributed by atoms with Gasteiger partial charge in [0, 0.05) is 37.1 Å². The molecule has 1 aromatic carbocycles. The third-order valence-corrected chi connectivity index (χ3v) is 2.72.